The van der Waals surface area contributed by atoms with Crippen LogP contribution in [-0.2, 0) is 14.3 Å². The van der Waals surface area contributed by atoms with Gasteiger partial charge in [-0.2, -0.15) is 11.3 Å². The van der Waals surface area contributed by atoms with Crippen LogP contribution in [0, 0.1) is 17.0 Å². The van der Waals surface area contributed by atoms with Crippen LogP contribution in [0.1, 0.15) is 17.2 Å². The summed E-state index contributed by atoms with van der Waals surface area (Å²) in [7, 11) is 1.50. The summed E-state index contributed by atoms with van der Waals surface area (Å²) in [5.74, 6) is -1.88. The Morgan fingerprint density at radius 3 is 2.68 bits per heavy atom. The maximum Gasteiger partial charge on any atom is 0.313 e. The van der Waals surface area contributed by atoms with E-state index in [1.807, 2.05) is 16.8 Å². The third kappa shape index (κ3) is 4.85. The molecule has 2 aromatic rings. The normalized spacial score (nSPS) is 11.6. The van der Waals surface area contributed by atoms with Gasteiger partial charge in [0.15, 0.2) is 0 Å². The Morgan fingerprint density at radius 1 is 1.32 bits per heavy atom. The van der Waals surface area contributed by atoms with Gasteiger partial charge in [-0.05, 0) is 40.9 Å². The standard InChI is InChI=1S/C16H17N3O5S/c1-10-3-4-12(13(7-10)19(22)23)18-16(21)15(20)17-8-14(24-2)11-5-6-25-9-11/h3-7,9,14H,8H2,1-2H3,(H,17,20)(H,18,21). The average Bonchev–Trinajstić information content (AvgIpc) is 3.11. The van der Waals surface area contributed by atoms with Crippen LogP contribution in [0.5, 0.6) is 0 Å². The lowest BCUT2D eigenvalue weighted by Gasteiger charge is -2.14. The van der Waals surface area contributed by atoms with Gasteiger partial charge in [0, 0.05) is 19.7 Å². The van der Waals surface area contributed by atoms with Crippen LogP contribution < -0.4 is 10.6 Å². The van der Waals surface area contributed by atoms with Crippen LogP contribution in [0.2, 0.25) is 0 Å². The van der Waals surface area contributed by atoms with Crippen LogP contribution in [0.4, 0.5) is 11.4 Å². The number of carbonyl (C=O) groups excluding carboxylic acids is 2. The average molecular weight is 363 g/mol. The van der Waals surface area contributed by atoms with Gasteiger partial charge < -0.3 is 15.4 Å². The van der Waals surface area contributed by atoms with Crippen molar-refractivity contribution >= 4 is 34.5 Å². The van der Waals surface area contributed by atoms with Gasteiger partial charge in [-0.15, -0.1) is 0 Å². The SMILES string of the molecule is COC(CNC(=O)C(=O)Nc1ccc(C)cc1[N+](=O)[O-])c1ccsc1. The lowest BCUT2D eigenvalue weighted by molar-refractivity contribution is -0.384. The Labute approximate surface area is 148 Å². The number of nitrogens with zero attached hydrogens (tertiary/aromatic N) is 1. The summed E-state index contributed by atoms with van der Waals surface area (Å²) in [6, 6.07) is 6.19. The number of nitrogens with one attached hydrogen (secondary N) is 2. The van der Waals surface area contributed by atoms with E-state index in [1.54, 1.807) is 13.0 Å². The minimum atomic E-state index is -0.980. The van der Waals surface area contributed by atoms with Crippen molar-refractivity contribution in [3.8, 4) is 0 Å². The second-order valence-corrected chi connectivity index (χ2v) is 6.00. The molecule has 25 heavy (non-hydrogen) atoms. The van der Waals surface area contributed by atoms with E-state index in [4.69, 9.17) is 4.74 Å². The molecule has 1 heterocycles. The minimum absolute atomic E-state index is 0.0307. The zero-order valence-corrected chi connectivity index (χ0v) is 14.5. The molecule has 2 N–H and O–H groups in total. The molecule has 132 valence electrons. The first-order chi connectivity index (χ1) is 11.9. The van der Waals surface area contributed by atoms with Crippen LogP contribution in [0.25, 0.3) is 0 Å². The Morgan fingerprint density at radius 2 is 2.08 bits per heavy atom. The summed E-state index contributed by atoms with van der Waals surface area (Å²) in [6.45, 7) is 1.80. The number of methoxy groups -OCH3 is 1. The molecule has 2 amide bonds. The van der Waals surface area contributed by atoms with E-state index in [0.29, 0.717) is 5.56 Å². The minimum Gasteiger partial charge on any atom is -0.375 e. The quantitative estimate of drug-likeness (QED) is 0.465. The smallest absolute Gasteiger partial charge is 0.313 e. The van der Waals surface area contributed by atoms with Gasteiger partial charge in [-0.3, -0.25) is 19.7 Å². The van der Waals surface area contributed by atoms with E-state index >= 15 is 0 Å². The van der Waals surface area contributed by atoms with Gasteiger partial charge >= 0.3 is 11.8 Å². The number of nitro benzene ring substituents is 1. The highest BCUT2D eigenvalue weighted by atomic mass is 32.1. The molecule has 0 saturated carbocycles. The molecular weight excluding hydrogens is 346 g/mol. The van der Waals surface area contributed by atoms with E-state index in [9.17, 15) is 19.7 Å². The number of carbonyl (C=O) groups is 2. The van der Waals surface area contributed by atoms with Gasteiger partial charge in [-0.25, -0.2) is 0 Å². The highest BCUT2D eigenvalue weighted by Gasteiger charge is 2.21. The monoisotopic (exact) mass is 363 g/mol. The number of benzene rings is 1. The lowest BCUT2D eigenvalue weighted by atomic mass is 10.2. The number of rotatable bonds is 6. The second-order valence-electron chi connectivity index (χ2n) is 5.22. The molecule has 9 heteroatoms. The van der Waals surface area contributed by atoms with Crippen LogP contribution in [0.3, 0.4) is 0 Å². The molecule has 0 aliphatic heterocycles. The molecule has 0 aliphatic carbocycles. The highest BCUT2D eigenvalue weighted by molar-refractivity contribution is 7.07. The first kappa shape index (κ1) is 18.6. The fourth-order valence-corrected chi connectivity index (χ4v) is 2.84. The first-order valence-corrected chi connectivity index (χ1v) is 8.25. The Bertz CT molecular complexity index is 776. The molecule has 1 atom stereocenters. The van der Waals surface area contributed by atoms with E-state index in [2.05, 4.69) is 10.6 Å². The number of hydrogen-bond donors (Lipinski definition) is 2. The number of thiophene rings is 1. The second kappa shape index (κ2) is 8.36. The molecule has 1 aromatic carbocycles. The summed E-state index contributed by atoms with van der Waals surface area (Å²) in [4.78, 5) is 34.4. The van der Waals surface area contributed by atoms with E-state index in [-0.39, 0.29) is 24.0 Å². The van der Waals surface area contributed by atoms with E-state index in [0.717, 1.165) is 5.56 Å². The van der Waals surface area contributed by atoms with Crippen molar-refractivity contribution in [2.75, 3.05) is 19.0 Å². The largest absolute Gasteiger partial charge is 0.375 e. The summed E-state index contributed by atoms with van der Waals surface area (Å²) >= 11 is 1.50. The predicted octanol–water partition coefficient (Wildman–Crippen LogP) is 2.41. The van der Waals surface area contributed by atoms with Crippen molar-refractivity contribution in [1.29, 1.82) is 0 Å². The third-order valence-corrected chi connectivity index (χ3v) is 4.15. The third-order valence-electron chi connectivity index (χ3n) is 3.45. The van der Waals surface area contributed by atoms with Crippen LogP contribution in [-0.4, -0.2) is 30.4 Å². The molecule has 1 unspecified atom stereocenters. The molecule has 1 aromatic heterocycles. The fourth-order valence-electron chi connectivity index (χ4n) is 2.14. The molecule has 0 spiro atoms. The Hall–Kier alpha value is -2.78. The molecule has 0 saturated heterocycles. The van der Waals surface area contributed by atoms with Crippen molar-refractivity contribution in [3.05, 3.63) is 56.3 Å². The molecule has 0 aliphatic rings. The first-order valence-electron chi connectivity index (χ1n) is 7.31. The topological polar surface area (TPSA) is 111 Å². The number of ether oxygens (including phenoxy) is 1. The number of anilines is 1. The molecule has 2 rings (SSSR count). The van der Waals surface area contributed by atoms with Gasteiger partial charge in [0.2, 0.25) is 0 Å². The van der Waals surface area contributed by atoms with Gasteiger partial charge in [0.05, 0.1) is 4.92 Å². The van der Waals surface area contributed by atoms with Crippen molar-refractivity contribution < 1.29 is 19.2 Å². The molecule has 0 bridgehead atoms. The summed E-state index contributed by atoms with van der Waals surface area (Å²) < 4.78 is 5.28. The maximum absolute atomic E-state index is 12.0. The van der Waals surface area contributed by atoms with Crippen molar-refractivity contribution in [1.82, 2.24) is 5.32 Å². The van der Waals surface area contributed by atoms with Gasteiger partial charge in [0.25, 0.3) is 5.69 Å². The van der Waals surface area contributed by atoms with Crippen molar-refractivity contribution in [2.45, 2.75) is 13.0 Å². The molecular formula is C16H17N3O5S. The van der Waals surface area contributed by atoms with Crippen LogP contribution in [0.15, 0.2) is 35.0 Å². The fraction of sp³-hybridized carbons (Fsp3) is 0.250. The van der Waals surface area contributed by atoms with Gasteiger partial charge in [-0.1, -0.05) is 6.07 Å². The van der Waals surface area contributed by atoms with Crippen molar-refractivity contribution in [2.24, 2.45) is 0 Å². The number of hydrogen-bond acceptors (Lipinski definition) is 6. The zero-order valence-electron chi connectivity index (χ0n) is 13.6. The van der Waals surface area contributed by atoms with E-state index in [1.165, 1.54) is 30.6 Å². The molecule has 0 radical (unpaired) electrons. The Kier molecular flexibility index (Phi) is 6.20. The summed E-state index contributed by atoms with van der Waals surface area (Å²) in [6.07, 6.45) is -0.378. The lowest BCUT2D eigenvalue weighted by Crippen LogP contribution is -2.38. The molecule has 8 nitrogen and oxygen atoms in total. The summed E-state index contributed by atoms with van der Waals surface area (Å²) in [5.41, 5.74) is 1.27. The maximum atomic E-state index is 12.0. The van der Waals surface area contributed by atoms with E-state index < -0.39 is 16.7 Å². The van der Waals surface area contributed by atoms with Crippen LogP contribution >= 0.6 is 11.3 Å². The molecule has 0 fully saturated rings. The zero-order chi connectivity index (χ0) is 18.4. The Balaban J connectivity index is 1.99. The predicted molar refractivity (Wildman–Crippen MR) is 93.5 cm³/mol. The number of aryl methyl sites for hydroxylation is 1. The number of nitro groups is 1. The van der Waals surface area contributed by atoms with Crippen molar-refractivity contribution in [3.63, 3.8) is 0 Å². The highest BCUT2D eigenvalue weighted by Crippen LogP contribution is 2.25. The summed E-state index contributed by atoms with van der Waals surface area (Å²) in [5, 5.41) is 19.5. The van der Waals surface area contributed by atoms with Gasteiger partial charge in [0.1, 0.15) is 11.8 Å². The number of amides is 2.